The smallest absolute Gasteiger partial charge is 0.283 e. The van der Waals surface area contributed by atoms with Gasteiger partial charge >= 0.3 is 0 Å². The fourth-order valence-corrected chi connectivity index (χ4v) is 2.06. The molecule has 0 fully saturated rings. The van der Waals surface area contributed by atoms with E-state index in [0.29, 0.717) is 23.3 Å². The number of aliphatic hydroxyl groups excluding tert-OH is 1. The van der Waals surface area contributed by atoms with E-state index in [9.17, 15) is 4.79 Å². The van der Waals surface area contributed by atoms with Gasteiger partial charge in [-0.15, -0.1) is 0 Å². The molecule has 1 aromatic rings. The van der Waals surface area contributed by atoms with Crippen molar-refractivity contribution in [2.75, 3.05) is 25.6 Å². The Morgan fingerprint density at radius 1 is 1.63 bits per heavy atom. The fraction of sp³-hybridized carbons (Fsp3) is 0.667. The molecule has 0 radical (unpaired) electrons. The number of anilines is 1. The van der Waals surface area contributed by atoms with Crippen molar-refractivity contribution in [1.82, 2.24) is 9.78 Å². The lowest BCUT2D eigenvalue weighted by atomic mass is 10.2. The number of aliphatic hydroxyl groups is 1. The molecular formula is C12H20BrN3O3. The van der Waals surface area contributed by atoms with Crippen LogP contribution in [0.1, 0.15) is 19.8 Å². The van der Waals surface area contributed by atoms with Crippen LogP contribution in [0.5, 0.6) is 0 Å². The van der Waals surface area contributed by atoms with E-state index >= 15 is 0 Å². The Morgan fingerprint density at radius 3 is 3.00 bits per heavy atom. The third kappa shape index (κ3) is 4.93. The number of rotatable bonds is 8. The number of halogens is 1. The highest BCUT2D eigenvalue weighted by atomic mass is 79.9. The van der Waals surface area contributed by atoms with Gasteiger partial charge in [-0.25, -0.2) is 4.68 Å². The van der Waals surface area contributed by atoms with Crippen LogP contribution in [0, 0.1) is 0 Å². The third-order valence-corrected chi connectivity index (χ3v) is 3.46. The molecule has 1 unspecified atom stereocenters. The maximum Gasteiger partial charge on any atom is 0.283 e. The molecule has 1 heterocycles. The molecule has 0 aliphatic carbocycles. The predicted molar refractivity (Wildman–Crippen MR) is 77.5 cm³/mol. The van der Waals surface area contributed by atoms with Gasteiger partial charge in [-0.05, 0) is 35.7 Å². The van der Waals surface area contributed by atoms with E-state index in [1.807, 2.05) is 6.92 Å². The topological polar surface area (TPSA) is 76.4 Å². The summed E-state index contributed by atoms with van der Waals surface area (Å²) in [7, 11) is 1.58. The number of nitrogens with one attached hydrogen (secondary N) is 1. The van der Waals surface area contributed by atoms with Gasteiger partial charge in [0.05, 0.1) is 25.0 Å². The lowest BCUT2D eigenvalue weighted by molar-refractivity contribution is 0.181. The fourth-order valence-electron chi connectivity index (χ4n) is 1.64. The number of ether oxygens (including phenoxy) is 1. The first-order valence-corrected chi connectivity index (χ1v) is 7.01. The molecule has 0 aromatic carbocycles. The lowest BCUT2D eigenvalue weighted by Crippen LogP contribution is -2.27. The van der Waals surface area contributed by atoms with E-state index in [1.54, 1.807) is 13.3 Å². The van der Waals surface area contributed by atoms with Crippen LogP contribution in [0.4, 0.5) is 5.69 Å². The zero-order valence-electron chi connectivity index (χ0n) is 11.2. The summed E-state index contributed by atoms with van der Waals surface area (Å²) < 4.78 is 6.75. The Hall–Kier alpha value is -0.920. The van der Waals surface area contributed by atoms with Crippen LogP contribution in [0.3, 0.4) is 0 Å². The summed E-state index contributed by atoms with van der Waals surface area (Å²) >= 11 is 3.29. The number of hydrogen-bond acceptors (Lipinski definition) is 5. The van der Waals surface area contributed by atoms with E-state index in [0.717, 1.165) is 12.8 Å². The molecule has 2 N–H and O–H groups in total. The van der Waals surface area contributed by atoms with E-state index in [4.69, 9.17) is 9.84 Å². The van der Waals surface area contributed by atoms with Gasteiger partial charge in [0, 0.05) is 19.8 Å². The number of aromatic nitrogens is 2. The Balaban J connectivity index is 2.75. The molecule has 1 aromatic heterocycles. The number of hydrogen-bond donors (Lipinski definition) is 2. The van der Waals surface area contributed by atoms with Gasteiger partial charge in [0.25, 0.3) is 5.56 Å². The summed E-state index contributed by atoms with van der Waals surface area (Å²) in [5, 5.41) is 16.1. The minimum atomic E-state index is -0.184. The molecule has 108 valence electrons. The van der Waals surface area contributed by atoms with E-state index in [2.05, 4.69) is 26.3 Å². The standard InChI is InChI=1S/C12H20BrN3O3/c1-9(4-3-6-17)15-10-8-14-16(5-7-19-2)12(18)11(10)13/h8-9,15,17H,3-7H2,1-2H3. The lowest BCUT2D eigenvalue weighted by Gasteiger charge is -2.16. The largest absolute Gasteiger partial charge is 0.396 e. The summed E-state index contributed by atoms with van der Waals surface area (Å²) in [6, 6.07) is 0.166. The maximum absolute atomic E-state index is 12.0. The van der Waals surface area contributed by atoms with Crippen molar-refractivity contribution in [2.45, 2.75) is 32.4 Å². The normalized spacial score (nSPS) is 12.4. The molecule has 19 heavy (non-hydrogen) atoms. The van der Waals surface area contributed by atoms with Crippen LogP contribution < -0.4 is 10.9 Å². The van der Waals surface area contributed by atoms with Crippen molar-refractivity contribution in [1.29, 1.82) is 0 Å². The Kier molecular flexibility index (Phi) is 7.04. The Labute approximate surface area is 120 Å². The summed E-state index contributed by atoms with van der Waals surface area (Å²) in [6.45, 7) is 3.04. The summed E-state index contributed by atoms with van der Waals surface area (Å²) in [5.41, 5.74) is 0.487. The van der Waals surface area contributed by atoms with Gasteiger partial charge in [0.2, 0.25) is 0 Å². The van der Waals surface area contributed by atoms with Gasteiger partial charge in [-0.1, -0.05) is 0 Å². The van der Waals surface area contributed by atoms with E-state index < -0.39 is 0 Å². The van der Waals surface area contributed by atoms with Crippen LogP contribution in [-0.4, -0.2) is 41.3 Å². The monoisotopic (exact) mass is 333 g/mol. The molecule has 7 heteroatoms. The zero-order chi connectivity index (χ0) is 14.3. The minimum Gasteiger partial charge on any atom is -0.396 e. The molecule has 6 nitrogen and oxygen atoms in total. The molecule has 0 spiro atoms. The van der Waals surface area contributed by atoms with Crippen molar-refractivity contribution in [2.24, 2.45) is 0 Å². The molecule has 1 atom stereocenters. The average molecular weight is 334 g/mol. The summed E-state index contributed by atoms with van der Waals surface area (Å²) in [4.78, 5) is 12.0. The van der Waals surface area contributed by atoms with E-state index in [-0.39, 0.29) is 18.2 Å². The second-order valence-corrected chi connectivity index (χ2v) is 5.10. The molecule has 0 bridgehead atoms. The Bertz CT molecular complexity index is 450. The van der Waals surface area contributed by atoms with Crippen molar-refractivity contribution in [3.8, 4) is 0 Å². The van der Waals surface area contributed by atoms with Gasteiger partial charge in [0.1, 0.15) is 4.47 Å². The van der Waals surface area contributed by atoms with Gasteiger partial charge in [0.15, 0.2) is 0 Å². The van der Waals surface area contributed by atoms with Crippen LogP contribution in [-0.2, 0) is 11.3 Å². The second kappa shape index (κ2) is 8.29. The third-order valence-electron chi connectivity index (χ3n) is 2.69. The molecule has 0 saturated heterocycles. The highest BCUT2D eigenvalue weighted by molar-refractivity contribution is 9.10. The minimum absolute atomic E-state index is 0.166. The second-order valence-electron chi connectivity index (χ2n) is 4.30. The van der Waals surface area contributed by atoms with Crippen molar-refractivity contribution >= 4 is 21.6 Å². The Morgan fingerprint density at radius 2 is 2.37 bits per heavy atom. The molecule has 0 amide bonds. The highest BCUT2D eigenvalue weighted by Gasteiger charge is 2.10. The molecule has 0 saturated carbocycles. The first-order valence-electron chi connectivity index (χ1n) is 6.22. The van der Waals surface area contributed by atoms with Crippen LogP contribution in [0.25, 0.3) is 0 Å². The zero-order valence-corrected chi connectivity index (χ0v) is 12.8. The van der Waals surface area contributed by atoms with Crippen LogP contribution >= 0.6 is 15.9 Å². The SMILES string of the molecule is COCCn1ncc(NC(C)CCCO)c(Br)c1=O. The summed E-state index contributed by atoms with van der Waals surface area (Å²) in [5.74, 6) is 0. The van der Waals surface area contributed by atoms with Crippen molar-refractivity contribution in [3.05, 3.63) is 21.0 Å². The van der Waals surface area contributed by atoms with Crippen LogP contribution in [0.2, 0.25) is 0 Å². The molecule has 0 aliphatic rings. The molecular weight excluding hydrogens is 314 g/mol. The van der Waals surface area contributed by atoms with Crippen LogP contribution in [0.15, 0.2) is 15.5 Å². The average Bonchev–Trinajstić information content (AvgIpc) is 2.41. The predicted octanol–water partition coefficient (Wildman–Crippen LogP) is 1.23. The van der Waals surface area contributed by atoms with Crippen molar-refractivity contribution in [3.63, 3.8) is 0 Å². The number of methoxy groups -OCH3 is 1. The maximum atomic E-state index is 12.0. The van der Waals surface area contributed by atoms with Crippen molar-refractivity contribution < 1.29 is 9.84 Å². The van der Waals surface area contributed by atoms with Gasteiger partial charge in [-0.2, -0.15) is 5.10 Å². The van der Waals surface area contributed by atoms with Gasteiger partial charge < -0.3 is 15.2 Å². The van der Waals surface area contributed by atoms with E-state index in [1.165, 1.54) is 4.68 Å². The quantitative estimate of drug-likeness (QED) is 0.748. The molecule has 1 rings (SSSR count). The summed E-state index contributed by atoms with van der Waals surface area (Å²) in [6.07, 6.45) is 3.18. The number of nitrogens with zero attached hydrogens (tertiary/aromatic N) is 2. The molecule has 0 aliphatic heterocycles. The highest BCUT2D eigenvalue weighted by Crippen LogP contribution is 2.18. The van der Waals surface area contributed by atoms with Gasteiger partial charge in [-0.3, -0.25) is 4.79 Å². The first-order chi connectivity index (χ1) is 9.10. The first kappa shape index (κ1) is 16.1.